The zero-order valence-corrected chi connectivity index (χ0v) is 20.0. The van der Waals surface area contributed by atoms with Crippen LogP contribution in [0, 0.1) is 19.3 Å². The van der Waals surface area contributed by atoms with E-state index in [1.165, 1.54) is 24.0 Å². The maximum absolute atomic E-state index is 12.6. The average molecular weight is 478 g/mol. The standard InChI is InChI=1S/C21H21Cl2N5O2S/c1-12-18(31-13(2)26-12)20(29)30-27-19(21(3,4)5)17(28-11-24-10-25-28)8-14-6-7-15(22)9-16(14)23/h6-11H,1-5H3/b17-8-,27-19-. The van der Waals surface area contributed by atoms with Gasteiger partial charge in [-0.05, 0) is 37.6 Å². The highest BCUT2D eigenvalue weighted by Gasteiger charge is 2.27. The molecule has 1 aromatic carbocycles. The monoisotopic (exact) mass is 477 g/mol. The van der Waals surface area contributed by atoms with E-state index in [2.05, 4.69) is 20.2 Å². The van der Waals surface area contributed by atoms with Crippen LogP contribution in [0.25, 0.3) is 11.8 Å². The van der Waals surface area contributed by atoms with E-state index in [-0.39, 0.29) is 0 Å². The lowest BCUT2D eigenvalue weighted by atomic mass is 9.87. The molecule has 0 spiro atoms. The molecule has 2 aromatic heterocycles. The molecule has 0 amide bonds. The molecule has 0 radical (unpaired) electrons. The van der Waals surface area contributed by atoms with Crippen LogP contribution in [0.1, 0.15) is 46.7 Å². The van der Waals surface area contributed by atoms with Gasteiger partial charge in [-0.3, -0.25) is 0 Å². The predicted molar refractivity (Wildman–Crippen MR) is 125 cm³/mol. The fourth-order valence-corrected chi connectivity index (χ4v) is 4.01. The Labute approximate surface area is 194 Å². The normalized spacial score (nSPS) is 12.9. The summed E-state index contributed by atoms with van der Waals surface area (Å²) in [4.78, 5) is 26.7. The van der Waals surface area contributed by atoms with Gasteiger partial charge in [0.05, 0.1) is 16.4 Å². The van der Waals surface area contributed by atoms with Crippen molar-refractivity contribution in [3.63, 3.8) is 0 Å². The summed E-state index contributed by atoms with van der Waals surface area (Å²) < 4.78 is 1.55. The van der Waals surface area contributed by atoms with Gasteiger partial charge in [0.2, 0.25) is 0 Å². The number of allylic oxidation sites excluding steroid dienone is 1. The molecule has 0 saturated heterocycles. The molecular weight excluding hydrogens is 457 g/mol. The largest absolute Gasteiger partial charge is 0.377 e. The molecule has 162 valence electrons. The van der Waals surface area contributed by atoms with Crippen molar-refractivity contribution < 1.29 is 9.63 Å². The molecular formula is C21H21Cl2N5O2S. The maximum atomic E-state index is 12.6. The summed E-state index contributed by atoms with van der Waals surface area (Å²) in [6.45, 7) is 9.46. The molecule has 0 aliphatic heterocycles. The number of hydrogen-bond acceptors (Lipinski definition) is 7. The van der Waals surface area contributed by atoms with Gasteiger partial charge in [0.15, 0.2) is 0 Å². The van der Waals surface area contributed by atoms with Crippen molar-refractivity contribution in [2.45, 2.75) is 34.6 Å². The van der Waals surface area contributed by atoms with Gasteiger partial charge >= 0.3 is 5.97 Å². The first-order valence-electron chi connectivity index (χ1n) is 9.32. The van der Waals surface area contributed by atoms with Crippen molar-refractivity contribution in [1.82, 2.24) is 19.7 Å². The second-order valence-electron chi connectivity index (χ2n) is 7.75. The Morgan fingerprint density at radius 2 is 2.00 bits per heavy atom. The molecule has 3 rings (SSSR count). The van der Waals surface area contributed by atoms with Crippen LogP contribution in [0.3, 0.4) is 0 Å². The summed E-state index contributed by atoms with van der Waals surface area (Å²) >= 11 is 13.7. The minimum absolute atomic E-state index is 0.418. The molecule has 0 unspecified atom stereocenters. The molecule has 0 saturated carbocycles. The van der Waals surface area contributed by atoms with E-state index in [9.17, 15) is 4.79 Å². The topological polar surface area (TPSA) is 82.3 Å². The number of benzene rings is 1. The lowest BCUT2D eigenvalue weighted by molar-refractivity contribution is 0.0518. The number of oxime groups is 1. The minimum atomic E-state index is -0.563. The lowest BCUT2D eigenvalue weighted by Crippen LogP contribution is -2.25. The predicted octanol–water partition coefficient (Wildman–Crippen LogP) is 5.92. The summed E-state index contributed by atoms with van der Waals surface area (Å²) in [5.74, 6) is -0.563. The van der Waals surface area contributed by atoms with Gasteiger partial charge in [-0.2, -0.15) is 5.10 Å². The van der Waals surface area contributed by atoms with Crippen LogP contribution in [0.15, 0.2) is 36.0 Å². The van der Waals surface area contributed by atoms with E-state index >= 15 is 0 Å². The Balaban J connectivity index is 2.08. The Morgan fingerprint density at radius 1 is 1.26 bits per heavy atom. The Morgan fingerprint density at radius 3 is 2.55 bits per heavy atom. The van der Waals surface area contributed by atoms with Crippen LogP contribution in [0.2, 0.25) is 10.0 Å². The van der Waals surface area contributed by atoms with Crippen molar-refractivity contribution >= 4 is 58.0 Å². The van der Waals surface area contributed by atoms with Gasteiger partial charge in [0.1, 0.15) is 23.2 Å². The maximum Gasteiger partial charge on any atom is 0.377 e. The number of carbonyl (C=O) groups is 1. The van der Waals surface area contributed by atoms with Crippen molar-refractivity contribution in [3.05, 3.63) is 62.0 Å². The Kier molecular flexibility index (Phi) is 6.93. The highest BCUT2D eigenvalue weighted by atomic mass is 35.5. The smallest absolute Gasteiger partial charge is 0.311 e. The summed E-state index contributed by atoms with van der Waals surface area (Å²) in [5, 5.41) is 10.2. The fraction of sp³-hybridized carbons (Fsp3) is 0.286. The molecule has 10 heteroatoms. The summed E-state index contributed by atoms with van der Waals surface area (Å²) in [6, 6.07) is 5.18. The highest BCUT2D eigenvalue weighted by molar-refractivity contribution is 7.13. The van der Waals surface area contributed by atoms with E-state index in [1.807, 2.05) is 27.7 Å². The first kappa shape index (κ1) is 23.1. The Hall–Kier alpha value is -2.55. The minimum Gasteiger partial charge on any atom is -0.311 e. The van der Waals surface area contributed by atoms with Gasteiger partial charge in [0, 0.05) is 15.5 Å². The summed E-state index contributed by atoms with van der Waals surface area (Å²) in [7, 11) is 0. The van der Waals surface area contributed by atoms with E-state index in [0.29, 0.717) is 37.6 Å². The highest BCUT2D eigenvalue weighted by Crippen LogP contribution is 2.29. The van der Waals surface area contributed by atoms with Crippen molar-refractivity contribution in [2.24, 2.45) is 10.6 Å². The van der Waals surface area contributed by atoms with Crippen molar-refractivity contribution in [1.29, 1.82) is 0 Å². The van der Waals surface area contributed by atoms with Gasteiger partial charge in [-0.1, -0.05) is 55.2 Å². The average Bonchev–Trinajstić information content (AvgIpc) is 3.31. The molecule has 0 atom stereocenters. The third kappa shape index (κ3) is 5.58. The first-order valence-corrected chi connectivity index (χ1v) is 10.9. The Bertz CT molecular complexity index is 1160. The second-order valence-corrected chi connectivity index (χ2v) is 9.80. The van der Waals surface area contributed by atoms with Crippen LogP contribution in [0.4, 0.5) is 0 Å². The molecule has 0 fully saturated rings. The molecule has 0 bridgehead atoms. The molecule has 2 heterocycles. The van der Waals surface area contributed by atoms with Crippen LogP contribution >= 0.6 is 34.5 Å². The van der Waals surface area contributed by atoms with Crippen LogP contribution in [-0.2, 0) is 4.84 Å². The van der Waals surface area contributed by atoms with E-state index in [0.717, 1.165) is 5.01 Å². The number of nitrogens with zero attached hydrogens (tertiary/aromatic N) is 5. The number of halogens is 2. The lowest BCUT2D eigenvalue weighted by Gasteiger charge is -2.23. The summed E-state index contributed by atoms with van der Waals surface area (Å²) in [5.41, 5.74) is 1.85. The zero-order valence-electron chi connectivity index (χ0n) is 17.7. The molecule has 0 aliphatic carbocycles. The number of thiazole rings is 1. The third-order valence-electron chi connectivity index (χ3n) is 4.18. The zero-order chi connectivity index (χ0) is 22.8. The first-order chi connectivity index (χ1) is 14.6. The molecule has 0 aliphatic rings. The fourth-order valence-electron chi connectivity index (χ4n) is 2.76. The summed E-state index contributed by atoms with van der Waals surface area (Å²) in [6.07, 6.45) is 4.75. The van der Waals surface area contributed by atoms with Crippen molar-refractivity contribution in [3.8, 4) is 0 Å². The number of aryl methyl sites for hydroxylation is 2. The number of aromatic nitrogens is 4. The van der Waals surface area contributed by atoms with Crippen molar-refractivity contribution in [2.75, 3.05) is 0 Å². The second kappa shape index (κ2) is 9.30. The van der Waals surface area contributed by atoms with E-state index in [4.69, 9.17) is 28.0 Å². The van der Waals surface area contributed by atoms with Gasteiger partial charge in [-0.15, -0.1) is 11.3 Å². The van der Waals surface area contributed by atoms with Crippen LogP contribution < -0.4 is 0 Å². The van der Waals surface area contributed by atoms with E-state index in [1.54, 1.807) is 35.9 Å². The molecule has 7 nitrogen and oxygen atoms in total. The molecule has 31 heavy (non-hydrogen) atoms. The SMILES string of the molecule is Cc1nc(C)c(C(=O)O/N=C(/C(=C/c2ccc(Cl)cc2Cl)n2cncn2)C(C)(C)C)s1. The third-order valence-corrected chi connectivity index (χ3v) is 5.80. The molecule has 3 aromatic rings. The van der Waals surface area contributed by atoms with Gasteiger partial charge in [-0.25, -0.2) is 19.4 Å². The number of rotatable bonds is 5. The number of carbonyl (C=O) groups excluding carboxylic acids is 1. The molecule has 0 N–H and O–H groups in total. The van der Waals surface area contributed by atoms with Crippen LogP contribution in [0.5, 0.6) is 0 Å². The van der Waals surface area contributed by atoms with E-state index < -0.39 is 11.4 Å². The quantitative estimate of drug-likeness (QED) is 0.259. The number of hydrogen-bond donors (Lipinski definition) is 0. The van der Waals surface area contributed by atoms with Crippen LogP contribution in [-0.4, -0.2) is 31.4 Å². The van der Waals surface area contributed by atoms with Gasteiger partial charge < -0.3 is 4.84 Å². The van der Waals surface area contributed by atoms with Gasteiger partial charge in [0.25, 0.3) is 0 Å².